The van der Waals surface area contributed by atoms with Crippen molar-refractivity contribution in [3.8, 4) is 0 Å². The molecule has 1 aromatic carbocycles. The van der Waals surface area contributed by atoms with Crippen LogP contribution in [-0.2, 0) is 9.53 Å². The summed E-state index contributed by atoms with van der Waals surface area (Å²) < 4.78 is 5.62. The Labute approximate surface area is 141 Å². The fraction of sp³-hybridized carbons (Fsp3) is 0.500. The summed E-state index contributed by atoms with van der Waals surface area (Å²) in [7, 11) is 1.56. The lowest BCUT2D eigenvalue weighted by Gasteiger charge is -2.35. The van der Waals surface area contributed by atoms with Crippen molar-refractivity contribution in [1.82, 2.24) is 10.2 Å². The van der Waals surface area contributed by atoms with Crippen LogP contribution in [0.15, 0.2) is 18.2 Å². The molecule has 1 aliphatic heterocycles. The van der Waals surface area contributed by atoms with Crippen molar-refractivity contribution in [2.24, 2.45) is 0 Å². The fourth-order valence-electron chi connectivity index (χ4n) is 2.61. The zero-order valence-electron chi connectivity index (χ0n) is 13.6. The van der Waals surface area contributed by atoms with Crippen LogP contribution in [0.4, 0.5) is 5.69 Å². The van der Waals surface area contributed by atoms with Gasteiger partial charge in [-0.25, -0.2) is 0 Å². The number of morpholine rings is 1. The van der Waals surface area contributed by atoms with Gasteiger partial charge < -0.3 is 20.3 Å². The Morgan fingerprint density at radius 1 is 1.30 bits per heavy atom. The molecular weight excluding hydrogens is 318 g/mol. The van der Waals surface area contributed by atoms with Crippen LogP contribution in [0.5, 0.6) is 0 Å². The molecule has 1 aromatic rings. The van der Waals surface area contributed by atoms with E-state index in [-0.39, 0.29) is 30.6 Å². The normalized spacial score (nSPS) is 21.0. The van der Waals surface area contributed by atoms with Crippen LogP contribution < -0.4 is 10.6 Å². The second kappa shape index (κ2) is 7.66. The van der Waals surface area contributed by atoms with Crippen molar-refractivity contribution >= 4 is 29.1 Å². The molecule has 0 saturated carbocycles. The summed E-state index contributed by atoms with van der Waals surface area (Å²) in [5.74, 6) is -0.222. The molecular formula is C16H22ClN3O3. The van der Waals surface area contributed by atoms with Gasteiger partial charge >= 0.3 is 0 Å². The first-order valence-corrected chi connectivity index (χ1v) is 7.97. The topological polar surface area (TPSA) is 70.7 Å². The molecule has 0 aliphatic carbocycles. The number of nitrogens with one attached hydrogen (secondary N) is 2. The van der Waals surface area contributed by atoms with Crippen LogP contribution in [0.1, 0.15) is 24.2 Å². The van der Waals surface area contributed by atoms with E-state index in [4.69, 9.17) is 16.3 Å². The highest BCUT2D eigenvalue weighted by Gasteiger charge is 2.25. The summed E-state index contributed by atoms with van der Waals surface area (Å²) >= 11 is 6.12. The Kier molecular flexibility index (Phi) is 5.85. The number of carbonyl (C=O) groups is 2. The highest BCUT2D eigenvalue weighted by Crippen LogP contribution is 2.23. The van der Waals surface area contributed by atoms with E-state index >= 15 is 0 Å². The number of nitrogens with zero attached hydrogens (tertiary/aromatic N) is 1. The Bertz CT molecular complexity index is 584. The van der Waals surface area contributed by atoms with E-state index in [0.29, 0.717) is 29.4 Å². The number of anilines is 1. The molecule has 0 aromatic heterocycles. The zero-order chi connectivity index (χ0) is 17.0. The second-order valence-corrected chi connectivity index (χ2v) is 6.09. The van der Waals surface area contributed by atoms with E-state index in [0.717, 1.165) is 0 Å². The van der Waals surface area contributed by atoms with Crippen LogP contribution >= 0.6 is 11.6 Å². The summed E-state index contributed by atoms with van der Waals surface area (Å²) in [5, 5.41) is 6.04. The minimum absolute atomic E-state index is 0.0200. The van der Waals surface area contributed by atoms with Gasteiger partial charge in [0.05, 0.1) is 29.5 Å². The number of hydrogen-bond donors (Lipinski definition) is 2. The lowest BCUT2D eigenvalue weighted by atomic mass is 10.2. The summed E-state index contributed by atoms with van der Waals surface area (Å²) in [5.41, 5.74) is 1.05. The van der Waals surface area contributed by atoms with Gasteiger partial charge in [0.25, 0.3) is 5.91 Å². The molecule has 1 saturated heterocycles. The summed E-state index contributed by atoms with van der Waals surface area (Å²) in [6.45, 7) is 5.18. The van der Waals surface area contributed by atoms with Crippen molar-refractivity contribution in [2.45, 2.75) is 26.1 Å². The number of halogens is 1. The number of benzene rings is 1. The Morgan fingerprint density at radius 2 is 1.96 bits per heavy atom. The molecule has 2 atom stereocenters. The zero-order valence-corrected chi connectivity index (χ0v) is 14.3. The second-order valence-electron chi connectivity index (χ2n) is 5.68. The highest BCUT2D eigenvalue weighted by atomic mass is 35.5. The largest absolute Gasteiger partial charge is 0.375 e. The third kappa shape index (κ3) is 4.59. The van der Waals surface area contributed by atoms with Gasteiger partial charge in [0.1, 0.15) is 0 Å². The molecule has 2 N–H and O–H groups in total. The molecule has 1 fully saturated rings. The third-order valence-corrected chi connectivity index (χ3v) is 3.99. The lowest BCUT2D eigenvalue weighted by molar-refractivity contribution is -0.141. The minimum atomic E-state index is -0.202. The Morgan fingerprint density at radius 3 is 2.57 bits per heavy atom. The molecule has 1 aliphatic rings. The molecule has 7 heteroatoms. The molecule has 1 heterocycles. The molecule has 2 unspecified atom stereocenters. The van der Waals surface area contributed by atoms with Gasteiger partial charge in [-0.15, -0.1) is 0 Å². The van der Waals surface area contributed by atoms with Crippen molar-refractivity contribution < 1.29 is 14.3 Å². The van der Waals surface area contributed by atoms with E-state index < -0.39 is 0 Å². The summed E-state index contributed by atoms with van der Waals surface area (Å²) in [6.07, 6.45) is 0.0609. The van der Waals surface area contributed by atoms with E-state index in [1.165, 1.54) is 0 Å². The maximum atomic E-state index is 12.3. The van der Waals surface area contributed by atoms with Crippen molar-refractivity contribution in [3.63, 3.8) is 0 Å². The molecule has 126 valence electrons. The van der Waals surface area contributed by atoms with E-state index in [1.807, 2.05) is 13.8 Å². The van der Waals surface area contributed by atoms with Crippen molar-refractivity contribution in [2.75, 3.05) is 32.0 Å². The average molecular weight is 340 g/mol. The summed E-state index contributed by atoms with van der Waals surface area (Å²) in [4.78, 5) is 25.8. The lowest BCUT2D eigenvalue weighted by Crippen LogP contribution is -2.49. The molecule has 2 rings (SSSR count). The van der Waals surface area contributed by atoms with Gasteiger partial charge in [-0.2, -0.15) is 0 Å². The molecule has 2 amide bonds. The molecule has 0 radical (unpaired) electrons. The monoisotopic (exact) mass is 339 g/mol. The first-order valence-electron chi connectivity index (χ1n) is 7.59. The first-order chi connectivity index (χ1) is 10.9. The van der Waals surface area contributed by atoms with E-state index in [1.54, 1.807) is 30.1 Å². The quantitative estimate of drug-likeness (QED) is 0.876. The third-order valence-electron chi connectivity index (χ3n) is 3.66. The van der Waals surface area contributed by atoms with Crippen molar-refractivity contribution in [1.29, 1.82) is 0 Å². The molecule has 0 bridgehead atoms. The van der Waals surface area contributed by atoms with Gasteiger partial charge in [-0.1, -0.05) is 11.6 Å². The summed E-state index contributed by atoms with van der Waals surface area (Å²) in [6, 6.07) is 4.91. The van der Waals surface area contributed by atoms with Crippen LogP contribution in [0.3, 0.4) is 0 Å². The predicted octanol–water partition coefficient (Wildman–Crippen LogP) is 1.75. The van der Waals surface area contributed by atoms with E-state index in [9.17, 15) is 9.59 Å². The number of ether oxygens (including phenoxy) is 1. The maximum absolute atomic E-state index is 12.3. The molecule has 0 spiro atoms. The van der Waals surface area contributed by atoms with Crippen LogP contribution in [0.25, 0.3) is 0 Å². The fourth-order valence-corrected chi connectivity index (χ4v) is 2.79. The van der Waals surface area contributed by atoms with Crippen LogP contribution in [0, 0.1) is 0 Å². The SMILES string of the molecule is CNC(=O)c1ccc(Cl)c(NCC(=O)N2CC(C)OC(C)C2)c1. The minimum Gasteiger partial charge on any atom is -0.375 e. The van der Waals surface area contributed by atoms with Crippen molar-refractivity contribution in [3.05, 3.63) is 28.8 Å². The number of hydrogen-bond acceptors (Lipinski definition) is 4. The van der Waals surface area contributed by atoms with E-state index in [2.05, 4.69) is 10.6 Å². The van der Waals surface area contributed by atoms with Crippen LogP contribution in [0.2, 0.25) is 5.02 Å². The maximum Gasteiger partial charge on any atom is 0.251 e. The van der Waals surface area contributed by atoms with Gasteiger partial charge in [0.2, 0.25) is 5.91 Å². The highest BCUT2D eigenvalue weighted by molar-refractivity contribution is 6.33. The smallest absolute Gasteiger partial charge is 0.251 e. The average Bonchev–Trinajstić information content (AvgIpc) is 2.52. The number of carbonyl (C=O) groups excluding carboxylic acids is 2. The van der Waals surface area contributed by atoms with Gasteiger partial charge in [-0.3, -0.25) is 9.59 Å². The first kappa shape index (κ1) is 17.6. The number of amides is 2. The molecule has 6 nitrogen and oxygen atoms in total. The standard InChI is InChI=1S/C16H22ClN3O3/c1-10-8-20(9-11(2)23-10)15(21)7-19-14-6-12(16(22)18-3)4-5-13(14)17/h4-6,10-11,19H,7-9H2,1-3H3,(H,18,22). The van der Waals surface area contributed by atoms with Gasteiger partial charge in [0.15, 0.2) is 0 Å². The number of rotatable bonds is 4. The molecule has 23 heavy (non-hydrogen) atoms. The van der Waals surface area contributed by atoms with Gasteiger partial charge in [-0.05, 0) is 32.0 Å². The Hall–Kier alpha value is -1.79. The van der Waals surface area contributed by atoms with Gasteiger partial charge in [0, 0.05) is 25.7 Å². The Balaban J connectivity index is 2.00. The predicted molar refractivity (Wildman–Crippen MR) is 89.9 cm³/mol. The van der Waals surface area contributed by atoms with Crippen LogP contribution in [-0.4, -0.2) is 55.6 Å².